The summed E-state index contributed by atoms with van der Waals surface area (Å²) in [5.41, 5.74) is 3.56. The van der Waals surface area contributed by atoms with Gasteiger partial charge in [-0.2, -0.15) is 0 Å². The molecular weight excluding hydrogens is 322 g/mol. The molecule has 0 bridgehead atoms. The molecule has 0 fully saturated rings. The van der Waals surface area contributed by atoms with Crippen molar-refractivity contribution in [1.29, 1.82) is 0 Å². The molecular formula is C19H21NO3S. The summed E-state index contributed by atoms with van der Waals surface area (Å²) in [6.45, 7) is 3.58. The number of nitrogens with one attached hydrogen (secondary N) is 1. The van der Waals surface area contributed by atoms with Crippen molar-refractivity contribution in [2.24, 2.45) is 0 Å². The van der Waals surface area contributed by atoms with E-state index in [0.29, 0.717) is 11.3 Å². The minimum Gasteiger partial charge on any atom is -0.449 e. The van der Waals surface area contributed by atoms with E-state index in [1.165, 1.54) is 11.3 Å². The number of anilines is 1. The van der Waals surface area contributed by atoms with Crippen LogP contribution in [0.25, 0.3) is 0 Å². The highest BCUT2D eigenvalue weighted by Crippen LogP contribution is 2.30. The van der Waals surface area contributed by atoms with E-state index in [1.54, 1.807) is 18.3 Å². The first-order valence-corrected chi connectivity index (χ1v) is 9.10. The number of benzene rings is 1. The predicted octanol–water partition coefficient (Wildman–Crippen LogP) is 4.12. The smallest absolute Gasteiger partial charge is 0.340 e. The molecule has 1 aliphatic rings. The highest BCUT2D eigenvalue weighted by molar-refractivity contribution is 7.10. The Balaban J connectivity index is 1.62. The van der Waals surface area contributed by atoms with Crippen LogP contribution in [0.3, 0.4) is 0 Å². The molecule has 0 spiro atoms. The Morgan fingerprint density at radius 3 is 2.62 bits per heavy atom. The number of carbonyl (C=O) groups excluding carboxylic acids is 2. The van der Waals surface area contributed by atoms with Crippen molar-refractivity contribution in [3.05, 3.63) is 51.2 Å². The third-order valence-electron chi connectivity index (χ3n) is 4.25. The second-order valence-corrected chi connectivity index (χ2v) is 7.13. The van der Waals surface area contributed by atoms with Gasteiger partial charge in [0.1, 0.15) is 0 Å². The van der Waals surface area contributed by atoms with E-state index in [2.05, 4.69) is 5.32 Å². The third-order valence-corrected chi connectivity index (χ3v) is 5.34. The van der Waals surface area contributed by atoms with Crippen LogP contribution < -0.4 is 5.32 Å². The first-order valence-electron chi connectivity index (χ1n) is 8.22. The van der Waals surface area contributed by atoms with E-state index in [-0.39, 0.29) is 5.91 Å². The van der Waals surface area contributed by atoms with Gasteiger partial charge in [-0.25, -0.2) is 4.79 Å². The Hall–Kier alpha value is -2.14. The van der Waals surface area contributed by atoms with Crippen LogP contribution in [0.2, 0.25) is 0 Å². The molecule has 1 aliphatic carbocycles. The molecule has 1 aromatic carbocycles. The molecule has 1 heterocycles. The molecule has 1 aromatic heterocycles. The topological polar surface area (TPSA) is 55.4 Å². The minimum absolute atomic E-state index is 0.323. The van der Waals surface area contributed by atoms with Gasteiger partial charge in [-0.05, 0) is 57.2 Å². The van der Waals surface area contributed by atoms with Crippen molar-refractivity contribution in [3.63, 3.8) is 0 Å². The Morgan fingerprint density at radius 2 is 1.88 bits per heavy atom. The molecule has 0 saturated heterocycles. The van der Waals surface area contributed by atoms with Gasteiger partial charge < -0.3 is 10.1 Å². The molecule has 5 heteroatoms. The summed E-state index contributed by atoms with van der Waals surface area (Å²) in [7, 11) is 0. The molecule has 2 aromatic rings. The largest absolute Gasteiger partial charge is 0.449 e. The van der Waals surface area contributed by atoms with Crippen molar-refractivity contribution in [3.8, 4) is 0 Å². The molecule has 0 radical (unpaired) electrons. The zero-order valence-electron chi connectivity index (χ0n) is 13.9. The zero-order chi connectivity index (χ0) is 17.1. The zero-order valence-corrected chi connectivity index (χ0v) is 14.7. The van der Waals surface area contributed by atoms with E-state index >= 15 is 0 Å². The fraction of sp³-hybridized carbons (Fsp3) is 0.368. The van der Waals surface area contributed by atoms with E-state index in [4.69, 9.17) is 4.74 Å². The molecule has 0 aliphatic heterocycles. The molecule has 126 valence electrons. The van der Waals surface area contributed by atoms with Gasteiger partial charge in [0, 0.05) is 15.9 Å². The van der Waals surface area contributed by atoms with Crippen molar-refractivity contribution in [2.75, 3.05) is 5.32 Å². The van der Waals surface area contributed by atoms with Gasteiger partial charge in [0.15, 0.2) is 6.10 Å². The molecule has 1 atom stereocenters. The van der Waals surface area contributed by atoms with Crippen LogP contribution in [-0.4, -0.2) is 18.0 Å². The van der Waals surface area contributed by atoms with Crippen LogP contribution in [0.4, 0.5) is 5.69 Å². The molecule has 3 rings (SSSR count). The number of amides is 1. The summed E-state index contributed by atoms with van der Waals surface area (Å²) >= 11 is 1.62. The molecule has 1 amide bonds. The highest BCUT2D eigenvalue weighted by atomic mass is 32.1. The Labute approximate surface area is 145 Å². The Bertz CT molecular complexity index is 748. The summed E-state index contributed by atoms with van der Waals surface area (Å²) in [5, 5.41) is 4.63. The number of thiophene rings is 1. The number of ether oxygens (including phenoxy) is 1. The maximum Gasteiger partial charge on any atom is 0.340 e. The first kappa shape index (κ1) is 16.7. The fourth-order valence-electron chi connectivity index (χ4n) is 2.82. The van der Waals surface area contributed by atoms with Gasteiger partial charge in [0.2, 0.25) is 0 Å². The summed E-state index contributed by atoms with van der Waals surface area (Å²) in [5.74, 6) is -0.725. The Morgan fingerprint density at radius 1 is 1.17 bits per heavy atom. The first-order chi connectivity index (χ1) is 11.5. The molecule has 0 saturated carbocycles. The van der Waals surface area contributed by atoms with Crippen LogP contribution in [-0.2, 0) is 22.4 Å². The van der Waals surface area contributed by atoms with Gasteiger partial charge in [0.25, 0.3) is 5.91 Å². The second kappa shape index (κ2) is 7.18. The van der Waals surface area contributed by atoms with Crippen molar-refractivity contribution in [2.45, 2.75) is 45.6 Å². The lowest BCUT2D eigenvalue weighted by Gasteiger charge is -2.15. The van der Waals surface area contributed by atoms with Crippen molar-refractivity contribution < 1.29 is 14.3 Å². The van der Waals surface area contributed by atoms with Crippen molar-refractivity contribution in [1.82, 2.24) is 0 Å². The minimum atomic E-state index is -0.835. The molecule has 4 nitrogen and oxygen atoms in total. The maximum absolute atomic E-state index is 12.4. The van der Waals surface area contributed by atoms with Gasteiger partial charge in [-0.3, -0.25) is 4.79 Å². The standard InChI is InChI=1S/C19H21NO3S/c1-12-7-9-14(10-8-12)20-18(21)13(2)23-19(22)16-11-24-17-6-4-3-5-15(16)17/h7-11,13H,3-6H2,1-2H3,(H,20,21)/t13-/m0/s1. The van der Waals surface area contributed by atoms with Gasteiger partial charge in [0.05, 0.1) is 5.56 Å². The van der Waals surface area contributed by atoms with Crippen LogP contribution in [0.5, 0.6) is 0 Å². The lowest BCUT2D eigenvalue weighted by atomic mass is 9.96. The number of aryl methyl sites for hydroxylation is 2. The molecule has 24 heavy (non-hydrogen) atoms. The van der Waals surface area contributed by atoms with Crippen molar-refractivity contribution >= 4 is 28.9 Å². The van der Waals surface area contributed by atoms with Crippen LogP contribution in [0.1, 0.15) is 46.1 Å². The van der Waals surface area contributed by atoms with E-state index in [0.717, 1.165) is 30.4 Å². The van der Waals surface area contributed by atoms with Crippen LogP contribution >= 0.6 is 11.3 Å². The van der Waals surface area contributed by atoms with Gasteiger partial charge >= 0.3 is 5.97 Å². The third kappa shape index (κ3) is 3.67. The second-order valence-electron chi connectivity index (χ2n) is 6.16. The summed E-state index contributed by atoms with van der Waals surface area (Å²) in [4.78, 5) is 25.9. The summed E-state index contributed by atoms with van der Waals surface area (Å²) in [6, 6.07) is 7.50. The number of hydrogen-bond acceptors (Lipinski definition) is 4. The van der Waals surface area contributed by atoms with E-state index in [1.807, 2.05) is 36.6 Å². The summed E-state index contributed by atoms with van der Waals surface area (Å²) < 4.78 is 5.37. The average molecular weight is 343 g/mol. The Kier molecular flexibility index (Phi) is 5.00. The van der Waals surface area contributed by atoms with E-state index in [9.17, 15) is 9.59 Å². The lowest BCUT2D eigenvalue weighted by Crippen LogP contribution is -2.30. The number of fused-ring (bicyclic) bond motifs is 1. The van der Waals surface area contributed by atoms with E-state index < -0.39 is 12.1 Å². The molecule has 1 N–H and O–H groups in total. The quantitative estimate of drug-likeness (QED) is 0.850. The lowest BCUT2D eigenvalue weighted by molar-refractivity contribution is -0.123. The number of hydrogen-bond donors (Lipinski definition) is 1. The highest BCUT2D eigenvalue weighted by Gasteiger charge is 2.24. The SMILES string of the molecule is Cc1ccc(NC(=O)[C@H](C)OC(=O)c2csc3c2CCCC3)cc1. The maximum atomic E-state index is 12.4. The fourth-order valence-corrected chi connectivity index (χ4v) is 3.94. The molecule has 0 unspecified atom stereocenters. The normalized spacial score (nSPS) is 14.6. The average Bonchev–Trinajstić information content (AvgIpc) is 3.01. The number of rotatable bonds is 4. The number of carbonyl (C=O) groups is 2. The predicted molar refractivity (Wildman–Crippen MR) is 95.6 cm³/mol. The van der Waals surface area contributed by atoms with Gasteiger partial charge in [-0.15, -0.1) is 11.3 Å². The van der Waals surface area contributed by atoms with Gasteiger partial charge in [-0.1, -0.05) is 17.7 Å². The monoisotopic (exact) mass is 343 g/mol. The van der Waals surface area contributed by atoms with Crippen LogP contribution in [0.15, 0.2) is 29.6 Å². The summed E-state index contributed by atoms with van der Waals surface area (Å²) in [6.07, 6.45) is 3.41. The van der Waals surface area contributed by atoms with Crippen LogP contribution in [0, 0.1) is 6.92 Å². The number of esters is 1.